The largest absolute Gasteiger partial charge is 0.462 e. The quantitative estimate of drug-likeness (QED) is 0.488. The van der Waals surface area contributed by atoms with E-state index in [1.807, 2.05) is 13.8 Å². The molecule has 0 bridgehead atoms. The van der Waals surface area contributed by atoms with Gasteiger partial charge in [0.2, 0.25) is 0 Å². The topological polar surface area (TPSA) is 26.3 Å². The van der Waals surface area contributed by atoms with E-state index in [9.17, 15) is 4.79 Å². The molecule has 0 aliphatic rings. The van der Waals surface area contributed by atoms with E-state index in [-0.39, 0.29) is 5.97 Å². The molecule has 86 valence electrons. The van der Waals surface area contributed by atoms with E-state index in [1.54, 1.807) is 6.08 Å². The average Bonchev–Trinajstić information content (AvgIpc) is 2.22. The molecule has 15 heavy (non-hydrogen) atoms. The molecule has 0 saturated carbocycles. The summed E-state index contributed by atoms with van der Waals surface area (Å²) in [7, 11) is 0. The van der Waals surface area contributed by atoms with Crippen LogP contribution >= 0.6 is 11.8 Å². The second kappa shape index (κ2) is 8.60. The van der Waals surface area contributed by atoms with Crippen LogP contribution in [0.2, 0.25) is 0 Å². The van der Waals surface area contributed by atoms with Crippen molar-refractivity contribution in [3.8, 4) is 0 Å². The second-order valence-electron chi connectivity index (χ2n) is 3.18. The lowest BCUT2D eigenvalue weighted by Crippen LogP contribution is -2.06. The first-order chi connectivity index (χ1) is 7.15. The van der Waals surface area contributed by atoms with Gasteiger partial charge in [0.25, 0.3) is 0 Å². The van der Waals surface area contributed by atoms with Crippen LogP contribution in [-0.2, 0) is 9.53 Å². The van der Waals surface area contributed by atoms with Crippen molar-refractivity contribution in [2.45, 2.75) is 40.0 Å². The number of allylic oxidation sites excluding steroid dienone is 2. The highest BCUT2D eigenvalue weighted by molar-refractivity contribution is 8.07. The lowest BCUT2D eigenvalue weighted by Gasteiger charge is -2.07. The fraction of sp³-hybridized carbons (Fsp3) is 0.583. The Labute approximate surface area is 96.8 Å². The van der Waals surface area contributed by atoms with Gasteiger partial charge in [0.1, 0.15) is 0 Å². The predicted molar refractivity (Wildman–Crippen MR) is 66.6 cm³/mol. The van der Waals surface area contributed by atoms with Gasteiger partial charge in [-0.1, -0.05) is 44.7 Å². The highest BCUT2D eigenvalue weighted by atomic mass is 32.2. The summed E-state index contributed by atoms with van der Waals surface area (Å²) in [6.07, 6.45) is 4.61. The molecule has 0 rings (SSSR count). The third-order valence-corrected chi connectivity index (χ3v) is 2.80. The van der Waals surface area contributed by atoms with E-state index in [0.29, 0.717) is 11.5 Å². The SMILES string of the molecule is C=C(CCC)S/C(=C\C)C(=O)OCCC. The molecule has 0 aromatic heterocycles. The Morgan fingerprint density at radius 1 is 1.40 bits per heavy atom. The van der Waals surface area contributed by atoms with Gasteiger partial charge in [-0.15, -0.1) is 0 Å². The van der Waals surface area contributed by atoms with Crippen molar-refractivity contribution in [3.63, 3.8) is 0 Å². The molecule has 0 aliphatic heterocycles. The van der Waals surface area contributed by atoms with Gasteiger partial charge in [-0.05, 0) is 24.7 Å². The van der Waals surface area contributed by atoms with Crippen LogP contribution in [0.3, 0.4) is 0 Å². The fourth-order valence-corrected chi connectivity index (χ4v) is 1.85. The summed E-state index contributed by atoms with van der Waals surface area (Å²) >= 11 is 1.42. The van der Waals surface area contributed by atoms with Crippen LogP contribution in [0.4, 0.5) is 0 Å². The van der Waals surface area contributed by atoms with Gasteiger partial charge >= 0.3 is 5.97 Å². The van der Waals surface area contributed by atoms with Crippen LogP contribution < -0.4 is 0 Å². The van der Waals surface area contributed by atoms with E-state index >= 15 is 0 Å². The minimum absolute atomic E-state index is 0.235. The van der Waals surface area contributed by atoms with Crippen LogP contribution in [0.5, 0.6) is 0 Å². The molecule has 0 fully saturated rings. The van der Waals surface area contributed by atoms with Crippen molar-refractivity contribution < 1.29 is 9.53 Å². The molecule has 0 aromatic carbocycles. The summed E-state index contributed by atoms with van der Waals surface area (Å²) in [6.45, 7) is 10.3. The van der Waals surface area contributed by atoms with E-state index in [2.05, 4.69) is 13.5 Å². The highest BCUT2D eigenvalue weighted by Crippen LogP contribution is 2.28. The summed E-state index contributed by atoms with van der Waals surface area (Å²) in [5.74, 6) is -0.235. The Hall–Kier alpha value is -0.700. The summed E-state index contributed by atoms with van der Waals surface area (Å²) in [5.41, 5.74) is 0. The van der Waals surface area contributed by atoms with Crippen LogP contribution in [0.1, 0.15) is 40.0 Å². The molecular formula is C12H20O2S. The van der Waals surface area contributed by atoms with Crippen molar-refractivity contribution in [2.24, 2.45) is 0 Å². The normalized spacial score (nSPS) is 11.3. The fourth-order valence-electron chi connectivity index (χ4n) is 0.970. The van der Waals surface area contributed by atoms with Gasteiger partial charge in [0, 0.05) is 0 Å². The molecule has 0 saturated heterocycles. The van der Waals surface area contributed by atoms with Crippen molar-refractivity contribution in [1.29, 1.82) is 0 Å². The standard InChI is InChI=1S/C12H20O2S/c1-5-8-10(4)15-11(7-3)12(13)14-9-6-2/h7H,4-6,8-9H2,1-3H3/b11-7-. The molecule has 3 heteroatoms. The zero-order valence-corrected chi connectivity index (χ0v) is 10.7. The number of thioether (sulfide) groups is 1. The summed E-state index contributed by atoms with van der Waals surface area (Å²) in [6, 6.07) is 0. The van der Waals surface area contributed by atoms with E-state index in [4.69, 9.17) is 4.74 Å². The van der Waals surface area contributed by atoms with Gasteiger partial charge in [0.15, 0.2) is 0 Å². The van der Waals surface area contributed by atoms with E-state index in [0.717, 1.165) is 24.2 Å². The van der Waals surface area contributed by atoms with Gasteiger partial charge in [-0.25, -0.2) is 4.79 Å². The minimum atomic E-state index is -0.235. The number of rotatable bonds is 7. The summed E-state index contributed by atoms with van der Waals surface area (Å²) < 4.78 is 5.05. The van der Waals surface area contributed by atoms with Gasteiger partial charge < -0.3 is 4.74 Å². The molecule has 0 atom stereocenters. The van der Waals surface area contributed by atoms with E-state index in [1.165, 1.54) is 11.8 Å². The first-order valence-corrected chi connectivity index (χ1v) is 6.16. The maximum Gasteiger partial charge on any atom is 0.344 e. The zero-order valence-electron chi connectivity index (χ0n) is 9.84. The van der Waals surface area contributed by atoms with Gasteiger partial charge in [-0.3, -0.25) is 0 Å². The molecule has 0 N–H and O–H groups in total. The smallest absolute Gasteiger partial charge is 0.344 e. The zero-order chi connectivity index (χ0) is 11.7. The van der Waals surface area contributed by atoms with Crippen LogP contribution in [0, 0.1) is 0 Å². The van der Waals surface area contributed by atoms with Crippen molar-refractivity contribution >= 4 is 17.7 Å². The van der Waals surface area contributed by atoms with Crippen LogP contribution in [0.15, 0.2) is 22.5 Å². The minimum Gasteiger partial charge on any atom is -0.462 e. The molecule has 0 amide bonds. The summed E-state index contributed by atoms with van der Waals surface area (Å²) in [5, 5.41) is 0. The predicted octanol–water partition coefficient (Wildman–Crippen LogP) is 3.89. The number of hydrogen-bond donors (Lipinski definition) is 0. The maximum absolute atomic E-state index is 11.5. The van der Waals surface area contributed by atoms with Crippen molar-refractivity contribution in [3.05, 3.63) is 22.5 Å². The molecule has 0 radical (unpaired) electrons. The number of ether oxygens (including phenoxy) is 1. The Morgan fingerprint density at radius 2 is 2.07 bits per heavy atom. The average molecular weight is 228 g/mol. The van der Waals surface area contributed by atoms with Gasteiger partial charge in [-0.2, -0.15) is 0 Å². The Bertz CT molecular complexity index is 244. The maximum atomic E-state index is 11.5. The number of hydrogen-bond acceptors (Lipinski definition) is 3. The van der Waals surface area contributed by atoms with Gasteiger partial charge in [0.05, 0.1) is 11.5 Å². The monoisotopic (exact) mass is 228 g/mol. The van der Waals surface area contributed by atoms with Crippen molar-refractivity contribution in [1.82, 2.24) is 0 Å². The first-order valence-electron chi connectivity index (χ1n) is 5.34. The highest BCUT2D eigenvalue weighted by Gasteiger charge is 2.11. The lowest BCUT2D eigenvalue weighted by molar-refractivity contribution is -0.138. The number of carbonyl (C=O) groups is 1. The molecule has 0 heterocycles. The molecule has 0 aromatic rings. The third-order valence-electron chi connectivity index (χ3n) is 1.68. The van der Waals surface area contributed by atoms with Crippen LogP contribution in [-0.4, -0.2) is 12.6 Å². The molecule has 0 spiro atoms. The number of esters is 1. The Morgan fingerprint density at radius 3 is 2.53 bits per heavy atom. The summed E-state index contributed by atoms with van der Waals surface area (Å²) in [4.78, 5) is 13.2. The second-order valence-corrected chi connectivity index (χ2v) is 4.40. The lowest BCUT2D eigenvalue weighted by atomic mass is 10.3. The third kappa shape index (κ3) is 6.39. The Kier molecular flexibility index (Phi) is 8.19. The molecule has 0 unspecified atom stereocenters. The molecule has 0 aliphatic carbocycles. The molecule has 2 nitrogen and oxygen atoms in total. The van der Waals surface area contributed by atoms with E-state index < -0.39 is 0 Å². The first kappa shape index (κ1) is 14.3. The van der Waals surface area contributed by atoms with Crippen molar-refractivity contribution in [2.75, 3.05) is 6.61 Å². The van der Waals surface area contributed by atoms with Crippen LogP contribution in [0.25, 0.3) is 0 Å². The molecular weight excluding hydrogens is 208 g/mol. The number of carbonyl (C=O) groups excluding carboxylic acids is 1. The Balaban J connectivity index is 4.14.